The van der Waals surface area contributed by atoms with Crippen molar-refractivity contribution in [1.82, 2.24) is 9.55 Å². The maximum absolute atomic E-state index is 5.48. The minimum Gasteiger partial charge on any atom is -0.331 e. The Balaban J connectivity index is 2.37. The van der Waals surface area contributed by atoms with Crippen LogP contribution in [-0.4, -0.2) is 9.55 Å². The van der Waals surface area contributed by atoms with E-state index in [0.717, 1.165) is 10.3 Å². The molecular weight excluding hydrogens is 240 g/mol. The van der Waals surface area contributed by atoms with E-state index >= 15 is 0 Å². The number of nitrogens with zero attached hydrogens (tertiary/aromatic N) is 1. The molecular formula is C15H22N2S. The molecule has 3 heteroatoms. The molecule has 1 N–H and O–H groups in total. The molecule has 1 atom stereocenters. The molecule has 2 rings (SSSR count). The molecule has 2 aromatic rings. The molecule has 0 bridgehead atoms. The summed E-state index contributed by atoms with van der Waals surface area (Å²) in [5.41, 5.74) is 3.72. The Morgan fingerprint density at radius 2 is 2.11 bits per heavy atom. The highest BCUT2D eigenvalue weighted by molar-refractivity contribution is 7.71. The highest BCUT2D eigenvalue weighted by atomic mass is 32.1. The zero-order chi connectivity index (χ0) is 13.1. The number of hydrogen-bond acceptors (Lipinski definition) is 1. The largest absolute Gasteiger partial charge is 0.331 e. The predicted molar refractivity (Wildman–Crippen MR) is 80.7 cm³/mol. The second kappa shape index (κ2) is 5.70. The van der Waals surface area contributed by atoms with Crippen molar-refractivity contribution < 1.29 is 0 Å². The summed E-state index contributed by atoms with van der Waals surface area (Å²) in [6.07, 6.45) is 5.05. The lowest BCUT2D eigenvalue weighted by Gasteiger charge is -2.15. The van der Waals surface area contributed by atoms with Crippen molar-refractivity contribution in [2.75, 3.05) is 0 Å². The Hall–Kier alpha value is -1.09. The van der Waals surface area contributed by atoms with Gasteiger partial charge < -0.3 is 9.55 Å². The summed E-state index contributed by atoms with van der Waals surface area (Å²) in [7, 11) is 0. The Labute approximate surface area is 114 Å². The van der Waals surface area contributed by atoms with Gasteiger partial charge in [0.25, 0.3) is 0 Å². The van der Waals surface area contributed by atoms with E-state index in [9.17, 15) is 0 Å². The first kappa shape index (κ1) is 13.3. The van der Waals surface area contributed by atoms with Crippen LogP contribution in [0.15, 0.2) is 18.2 Å². The SMILES string of the molecule is CCCCCC(C)n1c(=S)[nH]c2cccc(C)c21. The van der Waals surface area contributed by atoms with Gasteiger partial charge in [-0.1, -0.05) is 38.3 Å². The molecule has 0 aliphatic rings. The summed E-state index contributed by atoms with van der Waals surface area (Å²) in [4.78, 5) is 3.32. The molecule has 1 aromatic carbocycles. The van der Waals surface area contributed by atoms with E-state index in [0.29, 0.717) is 6.04 Å². The van der Waals surface area contributed by atoms with E-state index in [2.05, 4.69) is 48.5 Å². The molecule has 0 amide bonds. The van der Waals surface area contributed by atoms with Gasteiger partial charge in [0.15, 0.2) is 4.77 Å². The van der Waals surface area contributed by atoms with E-state index in [1.807, 2.05) is 0 Å². The van der Waals surface area contributed by atoms with Crippen molar-refractivity contribution in [3.05, 3.63) is 28.5 Å². The lowest BCUT2D eigenvalue weighted by atomic mass is 10.1. The molecule has 0 saturated heterocycles. The molecule has 1 heterocycles. The van der Waals surface area contributed by atoms with E-state index in [1.54, 1.807) is 0 Å². The lowest BCUT2D eigenvalue weighted by Crippen LogP contribution is -2.05. The topological polar surface area (TPSA) is 20.7 Å². The molecule has 98 valence electrons. The summed E-state index contributed by atoms with van der Waals surface area (Å²) in [5.74, 6) is 0. The van der Waals surface area contributed by atoms with Crippen LogP contribution < -0.4 is 0 Å². The minimum atomic E-state index is 0.471. The Morgan fingerprint density at radius 3 is 2.83 bits per heavy atom. The monoisotopic (exact) mass is 262 g/mol. The number of unbranched alkanes of at least 4 members (excludes halogenated alkanes) is 2. The van der Waals surface area contributed by atoms with Gasteiger partial charge >= 0.3 is 0 Å². The number of fused-ring (bicyclic) bond motifs is 1. The zero-order valence-electron chi connectivity index (χ0n) is 11.5. The maximum atomic E-state index is 5.48. The van der Waals surface area contributed by atoms with E-state index in [-0.39, 0.29) is 0 Å². The second-order valence-corrected chi connectivity index (χ2v) is 5.50. The van der Waals surface area contributed by atoms with Crippen LogP contribution in [0.4, 0.5) is 0 Å². The van der Waals surface area contributed by atoms with Gasteiger partial charge in [0, 0.05) is 6.04 Å². The van der Waals surface area contributed by atoms with Gasteiger partial charge in [-0.2, -0.15) is 0 Å². The fourth-order valence-electron chi connectivity index (χ4n) is 2.60. The van der Waals surface area contributed by atoms with Crippen molar-refractivity contribution in [2.45, 2.75) is 52.5 Å². The fraction of sp³-hybridized carbons (Fsp3) is 0.533. The van der Waals surface area contributed by atoms with E-state index < -0.39 is 0 Å². The van der Waals surface area contributed by atoms with Crippen molar-refractivity contribution in [1.29, 1.82) is 0 Å². The zero-order valence-corrected chi connectivity index (χ0v) is 12.3. The van der Waals surface area contributed by atoms with Crippen molar-refractivity contribution >= 4 is 23.3 Å². The maximum Gasteiger partial charge on any atom is 0.178 e. The molecule has 0 saturated carbocycles. The van der Waals surface area contributed by atoms with Crippen LogP contribution in [0.1, 0.15) is 51.1 Å². The molecule has 1 aromatic heterocycles. The van der Waals surface area contributed by atoms with Gasteiger partial charge in [-0.25, -0.2) is 0 Å². The summed E-state index contributed by atoms with van der Waals surface area (Å²) in [6.45, 7) is 6.66. The Kier molecular flexibility index (Phi) is 4.23. The molecule has 2 nitrogen and oxygen atoms in total. The molecule has 0 fully saturated rings. The van der Waals surface area contributed by atoms with E-state index in [4.69, 9.17) is 12.2 Å². The van der Waals surface area contributed by atoms with Crippen LogP contribution in [0.2, 0.25) is 0 Å². The van der Waals surface area contributed by atoms with Crippen molar-refractivity contribution in [3.63, 3.8) is 0 Å². The highest BCUT2D eigenvalue weighted by Crippen LogP contribution is 2.25. The number of rotatable bonds is 5. The van der Waals surface area contributed by atoms with Crippen molar-refractivity contribution in [2.24, 2.45) is 0 Å². The number of aryl methyl sites for hydroxylation is 1. The number of hydrogen-bond donors (Lipinski definition) is 1. The van der Waals surface area contributed by atoms with Gasteiger partial charge in [0.1, 0.15) is 0 Å². The minimum absolute atomic E-state index is 0.471. The number of aromatic nitrogens is 2. The van der Waals surface area contributed by atoms with E-state index in [1.165, 1.54) is 36.8 Å². The van der Waals surface area contributed by atoms with Gasteiger partial charge in [-0.3, -0.25) is 0 Å². The first-order chi connectivity index (χ1) is 8.65. The van der Waals surface area contributed by atoms with Crippen molar-refractivity contribution in [3.8, 4) is 0 Å². The standard InChI is InChI=1S/C15H22N2S/c1-4-5-6-9-12(3)17-14-11(2)8-7-10-13(14)16-15(17)18/h7-8,10,12H,4-6,9H2,1-3H3,(H,16,18). The quantitative estimate of drug-likeness (QED) is 0.584. The normalized spacial score (nSPS) is 13.1. The average Bonchev–Trinajstić information content (AvgIpc) is 2.67. The van der Waals surface area contributed by atoms with Crippen LogP contribution in [0.5, 0.6) is 0 Å². The number of nitrogens with one attached hydrogen (secondary N) is 1. The molecule has 0 radical (unpaired) electrons. The fourth-order valence-corrected chi connectivity index (χ4v) is 2.98. The molecule has 0 spiro atoms. The van der Waals surface area contributed by atoms with Gasteiger partial charge in [-0.05, 0) is 44.1 Å². The molecule has 1 unspecified atom stereocenters. The third kappa shape index (κ3) is 2.51. The van der Waals surface area contributed by atoms with Crippen LogP contribution in [-0.2, 0) is 0 Å². The lowest BCUT2D eigenvalue weighted by molar-refractivity contribution is 0.482. The van der Waals surface area contributed by atoms with Crippen LogP contribution in [0, 0.1) is 11.7 Å². The van der Waals surface area contributed by atoms with Crippen LogP contribution >= 0.6 is 12.2 Å². The van der Waals surface area contributed by atoms with Crippen LogP contribution in [0.25, 0.3) is 11.0 Å². The number of imidazole rings is 1. The van der Waals surface area contributed by atoms with Crippen LogP contribution in [0.3, 0.4) is 0 Å². The van der Waals surface area contributed by atoms with Gasteiger partial charge in [0.05, 0.1) is 11.0 Å². The van der Waals surface area contributed by atoms with Gasteiger partial charge in [-0.15, -0.1) is 0 Å². The summed E-state index contributed by atoms with van der Waals surface area (Å²) in [5, 5.41) is 0. The molecule has 0 aliphatic heterocycles. The molecule has 18 heavy (non-hydrogen) atoms. The third-order valence-corrected chi connectivity index (χ3v) is 3.90. The second-order valence-electron chi connectivity index (χ2n) is 5.12. The predicted octanol–water partition coefficient (Wildman–Crippen LogP) is 5.15. The first-order valence-corrected chi connectivity index (χ1v) is 7.25. The highest BCUT2D eigenvalue weighted by Gasteiger charge is 2.12. The number of H-pyrrole nitrogens is 1. The molecule has 0 aliphatic carbocycles. The smallest absolute Gasteiger partial charge is 0.178 e. The number of para-hydroxylation sites is 1. The number of benzene rings is 1. The average molecular weight is 262 g/mol. The Bertz CT molecular complexity index is 580. The first-order valence-electron chi connectivity index (χ1n) is 6.85. The summed E-state index contributed by atoms with van der Waals surface area (Å²) >= 11 is 5.48. The Morgan fingerprint density at radius 1 is 1.33 bits per heavy atom. The van der Waals surface area contributed by atoms with Gasteiger partial charge in [0.2, 0.25) is 0 Å². The summed E-state index contributed by atoms with van der Waals surface area (Å²) in [6, 6.07) is 6.81. The number of aromatic amines is 1. The summed E-state index contributed by atoms with van der Waals surface area (Å²) < 4.78 is 3.14. The third-order valence-electron chi connectivity index (χ3n) is 3.61.